The summed E-state index contributed by atoms with van der Waals surface area (Å²) in [5.74, 6) is -1.63. The third kappa shape index (κ3) is 4.20. The highest BCUT2D eigenvalue weighted by Crippen LogP contribution is 2.00. The smallest absolute Gasteiger partial charge is 0.341 e. The summed E-state index contributed by atoms with van der Waals surface area (Å²) in [6.45, 7) is 6.34. The van der Waals surface area contributed by atoms with E-state index in [0.717, 1.165) is 0 Å². The molecule has 0 saturated heterocycles. The van der Waals surface area contributed by atoms with Crippen LogP contribution >= 0.6 is 0 Å². The van der Waals surface area contributed by atoms with E-state index in [-0.39, 0.29) is 24.4 Å². The summed E-state index contributed by atoms with van der Waals surface area (Å²) in [6, 6.07) is 0. The van der Waals surface area contributed by atoms with E-state index in [1.54, 1.807) is 6.92 Å². The Balaban J connectivity index is 4.18. The van der Waals surface area contributed by atoms with E-state index >= 15 is 0 Å². The summed E-state index contributed by atoms with van der Waals surface area (Å²) >= 11 is 0. The zero-order chi connectivity index (χ0) is 10.4. The minimum absolute atomic E-state index is 0.186. The number of rotatable bonds is 5. The molecule has 0 heterocycles. The van der Waals surface area contributed by atoms with Gasteiger partial charge in [0.1, 0.15) is 5.78 Å². The van der Waals surface area contributed by atoms with Crippen LogP contribution in [0.5, 0.6) is 0 Å². The Kier molecular flexibility index (Phi) is 4.66. The number of esters is 1. The maximum absolute atomic E-state index is 11.0. The molecule has 0 N–H and O–H groups in total. The zero-order valence-electron chi connectivity index (χ0n) is 7.75. The second kappa shape index (κ2) is 5.24. The van der Waals surface area contributed by atoms with Crippen LogP contribution in [0.25, 0.3) is 0 Å². The molecule has 4 heteroatoms. The van der Waals surface area contributed by atoms with Crippen LogP contribution in [0.1, 0.15) is 20.3 Å². The molecule has 0 amide bonds. The average molecular weight is 184 g/mol. The van der Waals surface area contributed by atoms with Gasteiger partial charge in [0.25, 0.3) is 0 Å². The van der Waals surface area contributed by atoms with Crippen molar-refractivity contribution < 1.29 is 19.1 Å². The van der Waals surface area contributed by atoms with Crippen LogP contribution in [0.15, 0.2) is 12.2 Å². The van der Waals surface area contributed by atoms with E-state index in [9.17, 15) is 14.4 Å². The highest BCUT2D eigenvalue weighted by molar-refractivity contribution is 6.21. The van der Waals surface area contributed by atoms with Crippen LogP contribution in [0.4, 0.5) is 0 Å². The molecule has 0 aromatic rings. The number of hydrogen-bond acceptors (Lipinski definition) is 4. The number of carbonyl (C=O) groups is 3. The lowest BCUT2D eigenvalue weighted by atomic mass is 10.1. The first kappa shape index (κ1) is 11.6. The Morgan fingerprint density at radius 3 is 2.23 bits per heavy atom. The van der Waals surface area contributed by atoms with Gasteiger partial charge in [0.05, 0.1) is 18.6 Å². The molecule has 0 radical (unpaired) electrons. The van der Waals surface area contributed by atoms with Crippen molar-refractivity contribution in [3.05, 3.63) is 12.2 Å². The molecular formula is C9H12O4. The van der Waals surface area contributed by atoms with Crippen molar-refractivity contribution in [1.82, 2.24) is 0 Å². The van der Waals surface area contributed by atoms with Crippen LogP contribution in [0.3, 0.4) is 0 Å². The van der Waals surface area contributed by atoms with Gasteiger partial charge in [-0.3, -0.25) is 9.59 Å². The second-order valence-electron chi connectivity index (χ2n) is 2.50. The van der Waals surface area contributed by atoms with Gasteiger partial charge in [0.15, 0.2) is 5.78 Å². The van der Waals surface area contributed by atoms with Crippen LogP contribution in [0.2, 0.25) is 0 Å². The van der Waals surface area contributed by atoms with Crippen molar-refractivity contribution in [1.29, 1.82) is 0 Å². The molecule has 0 aromatic carbocycles. The Labute approximate surface area is 76.6 Å². The standard InChI is InChI=1S/C9H12O4/c1-4-13-9(12)7(3)8(11)5-6(2)10/h3-5H2,1-2H3. The molecule has 0 unspecified atom stereocenters. The average Bonchev–Trinajstić information content (AvgIpc) is 2.02. The predicted molar refractivity (Wildman–Crippen MR) is 46.1 cm³/mol. The monoisotopic (exact) mass is 184 g/mol. The summed E-state index contributed by atoms with van der Waals surface area (Å²) in [7, 11) is 0. The van der Waals surface area contributed by atoms with Crippen molar-refractivity contribution in [2.24, 2.45) is 0 Å². The van der Waals surface area contributed by atoms with Crippen LogP contribution in [-0.2, 0) is 19.1 Å². The number of carbonyl (C=O) groups excluding carboxylic acids is 3. The van der Waals surface area contributed by atoms with Crippen LogP contribution in [-0.4, -0.2) is 24.1 Å². The molecular weight excluding hydrogens is 172 g/mol. The molecule has 0 bridgehead atoms. The Morgan fingerprint density at radius 1 is 1.31 bits per heavy atom. The minimum atomic E-state index is -0.756. The molecule has 0 rings (SSSR count). The molecule has 0 saturated carbocycles. The summed E-state index contributed by atoms with van der Waals surface area (Å²) in [5.41, 5.74) is -0.267. The van der Waals surface area contributed by atoms with E-state index in [0.29, 0.717) is 0 Å². The summed E-state index contributed by atoms with van der Waals surface area (Å²) in [5, 5.41) is 0. The largest absolute Gasteiger partial charge is 0.462 e. The molecule has 0 fully saturated rings. The highest BCUT2D eigenvalue weighted by atomic mass is 16.5. The maximum Gasteiger partial charge on any atom is 0.341 e. The van der Waals surface area contributed by atoms with Crippen molar-refractivity contribution in [3.8, 4) is 0 Å². The SMILES string of the molecule is C=C(C(=O)CC(C)=O)C(=O)OCC. The van der Waals surface area contributed by atoms with Crippen molar-refractivity contribution in [3.63, 3.8) is 0 Å². The first-order valence-electron chi connectivity index (χ1n) is 3.87. The predicted octanol–water partition coefficient (Wildman–Crippen LogP) is 0.654. The maximum atomic E-state index is 11.0. The van der Waals surface area contributed by atoms with Gasteiger partial charge in [0, 0.05) is 0 Å². The van der Waals surface area contributed by atoms with E-state index in [1.165, 1.54) is 6.92 Å². The van der Waals surface area contributed by atoms with Gasteiger partial charge in [-0.05, 0) is 13.8 Å². The Morgan fingerprint density at radius 2 is 1.85 bits per heavy atom. The van der Waals surface area contributed by atoms with Gasteiger partial charge >= 0.3 is 5.97 Å². The van der Waals surface area contributed by atoms with Gasteiger partial charge in [-0.15, -0.1) is 0 Å². The molecule has 0 aromatic heterocycles. The molecule has 4 nitrogen and oxygen atoms in total. The fourth-order valence-corrected chi connectivity index (χ4v) is 0.665. The normalized spacial score (nSPS) is 9.08. The van der Waals surface area contributed by atoms with Gasteiger partial charge in [-0.1, -0.05) is 6.58 Å². The van der Waals surface area contributed by atoms with Crippen LogP contribution in [0, 0.1) is 0 Å². The molecule has 0 aliphatic carbocycles. The van der Waals surface area contributed by atoms with Crippen molar-refractivity contribution >= 4 is 17.5 Å². The van der Waals surface area contributed by atoms with Crippen molar-refractivity contribution in [2.75, 3.05) is 6.61 Å². The third-order valence-corrected chi connectivity index (χ3v) is 1.27. The number of hydrogen-bond donors (Lipinski definition) is 0. The minimum Gasteiger partial charge on any atom is -0.462 e. The molecule has 0 aliphatic rings. The van der Waals surface area contributed by atoms with Gasteiger partial charge < -0.3 is 4.74 Å². The van der Waals surface area contributed by atoms with Gasteiger partial charge in [-0.25, -0.2) is 4.79 Å². The van der Waals surface area contributed by atoms with Crippen LogP contribution < -0.4 is 0 Å². The quantitative estimate of drug-likeness (QED) is 0.272. The second-order valence-corrected chi connectivity index (χ2v) is 2.50. The third-order valence-electron chi connectivity index (χ3n) is 1.27. The number of ketones is 2. The lowest BCUT2D eigenvalue weighted by Crippen LogP contribution is -2.16. The fraction of sp³-hybridized carbons (Fsp3) is 0.444. The first-order chi connectivity index (χ1) is 5.99. The molecule has 13 heavy (non-hydrogen) atoms. The number of ether oxygens (including phenoxy) is 1. The Bertz CT molecular complexity index is 252. The van der Waals surface area contributed by atoms with Gasteiger partial charge in [0.2, 0.25) is 0 Å². The molecule has 0 spiro atoms. The summed E-state index contributed by atoms with van der Waals surface area (Å²) < 4.78 is 4.54. The van der Waals surface area contributed by atoms with E-state index < -0.39 is 11.8 Å². The summed E-state index contributed by atoms with van der Waals surface area (Å²) in [4.78, 5) is 32.5. The topological polar surface area (TPSA) is 60.4 Å². The van der Waals surface area contributed by atoms with E-state index in [2.05, 4.69) is 11.3 Å². The summed E-state index contributed by atoms with van der Waals surface area (Å²) in [6.07, 6.45) is -0.294. The lowest BCUT2D eigenvalue weighted by Gasteiger charge is -2.02. The van der Waals surface area contributed by atoms with E-state index in [1.807, 2.05) is 0 Å². The highest BCUT2D eigenvalue weighted by Gasteiger charge is 2.17. The molecule has 72 valence electrons. The zero-order valence-corrected chi connectivity index (χ0v) is 7.75. The molecule has 0 atom stereocenters. The lowest BCUT2D eigenvalue weighted by molar-refractivity contribution is -0.140. The fourth-order valence-electron chi connectivity index (χ4n) is 0.665. The molecule has 0 aliphatic heterocycles. The van der Waals surface area contributed by atoms with Gasteiger partial charge in [-0.2, -0.15) is 0 Å². The number of Topliss-reactive ketones (excluding diaryl/α,β-unsaturated/α-hetero) is 2. The Hall–Kier alpha value is -1.45. The van der Waals surface area contributed by atoms with E-state index in [4.69, 9.17) is 0 Å². The van der Waals surface area contributed by atoms with Crippen molar-refractivity contribution in [2.45, 2.75) is 20.3 Å². The first-order valence-corrected chi connectivity index (χ1v) is 3.87.